The topological polar surface area (TPSA) is 33.1 Å². The average Bonchev–Trinajstić information content (AvgIpc) is 2.46. The minimum atomic E-state index is -1.03. The Bertz CT molecular complexity index is 366. The Morgan fingerprint density at radius 1 is 1.42 bits per heavy atom. The van der Waals surface area contributed by atoms with E-state index in [-0.39, 0.29) is 0 Å². The average molecular weight is 197 g/mol. The molecule has 2 nitrogen and oxygen atoms in total. The van der Waals surface area contributed by atoms with Crippen molar-refractivity contribution in [3.05, 3.63) is 24.3 Å². The van der Waals surface area contributed by atoms with Crippen LogP contribution in [0, 0.1) is 0 Å². The van der Waals surface area contributed by atoms with E-state index in [0.717, 1.165) is 15.0 Å². The van der Waals surface area contributed by atoms with Crippen LogP contribution in [0.1, 0.15) is 0 Å². The van der Waals surface area contributed by atoms with Gasteiger partial charge in [0.1, 0.15) is 4.75 Å². The summed E-state index contributed by atoms with van der Waals surface area (Å²) in [6.45, 7) is 1.80. The minimum absolute atomic E-state index is 0.853. The van der Waals surface area contributed by atoms with Gasteiger partial charge in [-0.05, 0) is 18.8 Å². The van der Waals surface area contributed by atoms with Crippen LogP contribution in [0.25, 0.3) is 10.2 Å². The van der Waals surface area contributed by atoms with Crippen molar-refractivity contribution in [3.8, 4) is 0 Å². The van der Waals surface area contributed by atoms with Crippen LogP contribution in [0.3, 0.4) is 0 Å². The van der Waals surface area contributed by atoms with Gasteiger partial charge in [0.15, 0.2) is 0 Å². The molecular formula is C8H8NOPS. The second kappa shape index (κ2) is 3.09. The predicted molar refractivity (Wildman–Crippen MR) is 54.3 cm³/mol. The van der Waals surface area contributed by atoms with Crippen molar-refractivity contribution in [3.63, 3.8) is 0 Å². The Morgan fingerprint density at radius 2 is 2.17 bits per heavy atom. The molecule has 0 radical (unpaired) electrons. The van der Waals surface area contributed by atoms with Crippen LogP contribution < -0.4 is 4.75 Å². The number of hydrogen-bond acceptors (Lipinski definition) is 3. The van der Waals surface area contributed by atoms with Crippen molar-refractivity contribution >= 4 is 34.5 Å². The predicted octanol–water partition coefficient (Wildman–Crippen LogP) is 1.94. The number of rotatable bonds is 1. The first-order valence-corrected chi connectivity index (χ1v) is 6.11. The normalized spacial score (nSPS) is 13.5. The Morgan fingerprint density at radius 3 is 2.83 bits per heavy atom. The molecule has 0 amide bonds. The second-order valence-electron chi connectivity index (χ2n) is 2.49. The maximum Gasteiger partial charge on any atom is 0.143 e. The van der Waals surface area contributed by atoms with Gasteiger partial charge in [-0.15, -0.1) is 11.3 Å². The molecule has 1 N–H and O–H groups in total. The zero-order valence-corrected chi connectivity index (χ0v) is 8.27. The first-order valence-electron chi connectivity index (χ1n) is 3.55. The molecule has 0 aliphatic rings. The van der Waals surface area contributed by atoms with Crippen molar-refractivity contribution in [1.29, 1.82) is 0 Å². The highest BCUT2D eigenvalue weighted by molar-refractivity contribution is 7.66. The quantitative estimate of drug-likeness (QED) is 0.709. The summed E-state index contributed by atoms with van der Waals surface area (Å²) >= 11 is 1.57. The van der Waals surface area contributed by atoms with Crippen LogP contribution >= 0.6 is 19.5 Å². The fourth-order valence-corrected chi connectivity index (χ4v) is 2.78. The molecule has 1 aromatic heterocycles. The number of aromatic nitrogens is 1. The molecule has 1 atom stereocenters. The van der Waals surface area contributed by atoms with Gasteiger partial charge in [0.25, 0.3) is 0 Å². The van der Waals surface area contributed by atoms with E-state index in [2.05, 4.69) is 4.98 Å². The zero-order valence-electron chi connectivity index (χ0n) is 6.56. The summed E-state index contributed by atoms with van der Waals surface area (Å²) < 4.78 is 2.00. The summed E-state index contributed by atoms with van der Waals surface area (Å²) in [6, 6.07) is 7.93. The monoisotopic (exact) mass is 197 g/mol. The van der Waals surface area contributed by atoms with Crippen molar-refractivity contribution < 1.29 is 4.89 Å². The first-order chi connectivity index (χ1) is 5.77. The summed E-state index contributed by atoms with van der Waals surface area (Å²) in [4.78, 5) is 13.6. The van der Waals surface area contributed by atoms with Crippen molar-refractivity contribution in [2.24, 2.45) is 0 Å². The van der Waals surface area contributed by atoms with Gasteiger partial charge in [0.2, 0.25) is 0 Å². The largest absolute Gasteiger partial charge is 0.367 e. The lowest BCUT2D eigenvalue weighted by atomic mass is 10.3. The summed E-state index contributed by atoms with van der Waals surface area (Å²) in [6.07, 6.45) is 0. The van der Waals surface area contributed by atoms with E-state index < -0.39 is 8.15 Å². The van der Waals surface area contributed by atoms with Gasteiger partial charge >= 0.3 is 0 Å². The van der Waals surface area contributed by atoms with Gasteiger partial charge in [-0.25, -0.2) is 4.98 Å². The van der Waals surface area contributed by atoms with Crippen LogP contribution in [-0.4, -0.2) is 16.5 Å². The molecule has 0 aliphatic carbocycles. The van der Waals surface area contributed by atoms with Crippen LogP contribution in [0.4, 0.5) is 0 Å². The second-order valence-corrected chi connectivity index (χ2v) is 5.29. The van der Waals surface area contributed by atoms with Gasteiger partial charge in [-0.1, -0.05) is 12.1 Å². The third-order valence-electron chi connectivity index (χ3n) is 1.56. The summed E-state index contributed by atoms with van der Waals surface area (Å²) in [5.41, 5.74) is 0.987. The molecule has 0 fully saturated rings. The van der Waals surface area contributed by atoms with Crippen LogP contribution in [0.2, 0.25) is 0 Å². The molecular weight excluding hydrogens is 189 g/mol. The highest BCUT2D eigenvalue weighted by atomic mass is 32.1. The smallest absolute Gasteiger partial charge is 0.143 e. The SMILES string of the molecule is CP(O)c1nc2ccccc2s1. The molecule has 62 valence electrons. The number of nitrogens with zero attached hydrogens (tertiary/aromatic N) is 1. The van der Waals surface area contributed by atoms with Gasteiger partial charge in [-0.3, -0.25) is 0 Å². The van der Waals surface area contributed by atoms with E-state index >= 15 is 0 Å². The molecule has 2 aromatic rings. The lowest BCUT2D eigenvalue weighted by Crippen LogP contribution is -1.94. The van der Waals surface area contributed by atoms with Gasteiger partial charge in [0.05, 0.1) is 18.4 Å². The summed E-state index contributed by atoms with van der Waals surface area (Å²) in [5.74, 6) is 0. The van der Waals surface area contributed by atoms with Crippen molar-refractivity contribution in [1.82, 2.24) is 4.98 Å². The summed E-state index contributed by atoms with van der Waals surface area (Å²) in [7, 11) is -1.03. The fraction of sp³-hybridized carbons (Fsp3) is 0.125. The Labute approximate surface area is 75.7 Å². The van der Waals surface area contributed by atoms with E-state index in [1.807, 2.05) is 24.3 Å². The van der Waals surface area contributed by atoms with Crippen LogP contribution in [0.15, 0.2) is 24.3 Å². The van der Waals surface area contributed by atoms with E-state index in [1.165, 1.54) is 0 Å². The number of para-hydroxylation sites is 1. The molecule has 1 heterocycles. The first kappa shape index (κ1) is 8.11. The van der Waals surface area contributed by atoms with Crippen LogP contribution in [0.5, 0.6) is 0 Å². The Kier molecular flexibility index (Phi) is 2.09. The van der Waals surface area contributed by atoms with Gasteiger partial charge in [0, 0.05) is 0 Å². The molecule has 12 heavy (non-hydrogen) atoms. The minimum Gasteiger partial charge on any atom is -0.367 e. The maximum absolute atomic E-state index is 9.34. The maximum atomic E-state index is 9.34. The lowest BCUT2D eigenvalue weighted by Gasteiger charge is -1.93. The lowest BCUT2D eigenvalue weighted by molar-refractivity contribution is 0.641. The summed E-state index contributed by atoms with van der Waals surface area (Å²) in [5, 5.41) is 0. The fourth-order valence-electron chi connectivity index (χ4n) is 0.998. The zero-order chi connectivity index (χ0) is 8.55. The molecule has 0 spiro atoms. The highest BCUT2D eigenvalue weighted by Crippen LogP contribution is 2.28. The van der Waals surface area contributed by atoms with Crippen molar-refractivity contribution in [2.45, 2.75) is 0 Å². The molecule has 0 saturated carbocycles. The molecule has 0 saturated heterocycles. The molecule has 1 unspecified atom stereocenters. The number of hydrogen-bond donors (Lipinski definition) is 1. The molecule has 1 aromatic carbocycles. The molecule has 0 aliphatic heterocycles. The van der Waals surface area contributed by atoms with E-state index in [1.54, 1.807) is 18.0 Å². The van der Waals surface area contributed by atoms with E-state index in [4.69, 9.17) is 0 Å². The third kappa shape index (κ3) is 1.36. The standard InChI is InChI=1S/C8H8NOPS/c1-11(10)8-9-6-4-2-3-5-7(6)12-8/h2-5,10H,1H3. The van der Waals surface area contributed by atoms with Crippen LogP contribution in [-0.2, 0) is 0 Å². The van der Waals surface area contributed by atoms with E-state index in [9.17, 15) is 4.89 Å². The Balaban J connectivity index is 2.62. The molecule has 0 bridgehead atoms. The highest BCUT2D eigenvalue weighted by Gasteiger charge is 2.07. The Hall–Kier alpha value is -0.500. The third-order valence-corrected chi connectivity index (χ3v) is 4.12. The molecule has 4 heteroatoms. The van der Waals surface area contributed by atoms with Crippen molar-refractivity contribution in [2.75, 3.05) is 6.66 Å². The molecule has 2 rings (SSSR count). The van der Waals surface area contributed by atoms with E-state index in [0.29, 0.717) is 0 Å². The van der Waals surface area contributed by atoms with Gasteiger partial charge < -0.3 is 4.89 Å². The van der Waals surface area contributed by atoms with Gasteiger partial charge in [-0.2, -0.15) is 0 Å². The number of fused-ring (bicyclic) bond motifs is 1. The number of thiazole rings is 1. The number of benzene rings is 1.